The van der Waals surface area contributed by atoms with Gasteiger partial charge in [-0.05, 0) is 75.7 Å². The van der Waals surface area contributed by atoms with Crippen LogP contribution in [-0.2, 0) is 40.4 Å². The van der Waals surface area contributed by atoms with Gasteiger partial charge in [-0.1, -0.05) is 102 Å². The topological polar surface area (TPSA) is 180 Å². The molecule has 5 fully saturated rings. The van der Waals surface area contributed by atoms with E-state index < -0.39 is 72.7 Å². The molecule has 6 rings (SSSR count). The van der Waals surface area contributed by atoms with Crippen molar-refractivity contribution in [1.82, 2.24) is 26.2 Å². The summed E-state index contributed by atoms with van der Waals surface area (Å²) < 4.78 is 32.4. The summed E-state index contributed by atoms with van der Waals surface area (Å²) in [5, 5.41) is 11.7. The predicted molar refractivity (Wildman–Crippen MR) is 230 cm³/mol. The molecule has 14 heteroatoms. The van der Waals surface area contributed by atoms with Crippen molar-refractivity contribution in [1.29, 1.82) is 0 Å². The van der Waals surface area contributed by atoms with E-state index in [0.717, 1.165) is 56.9 Å². The standard InChI is InChI=1S/C46H69N5O8S/c1-7-25-47-40(54)37(52)34(26-31-19-20-31)48-39(53)36-35-33(45(35,6)29-59-28-32-17-11-8-12-18-32)27-51(36)41(55)38(44(5)21-13-9-14-22-44)49-42(56)50-46(23-15-10-16-24-46)30-60(57,58)43(2,3)4/h7-8,11-12,17-18,31,33-36,38H,1,9-10,13-16,19-30H2,2-6H3,(H,47,54)(H,48,53)(H2,49,50,56)/t33?,34?,35-,36-,38+,45+/m0/s1. The first-order chi connectivity index (χ1) is 28.3. The van der Waals surface area contributed by atoms with Crippen LogP contribution in [0.25, 0.3) is 0 Å². The maximum absolute atomic E-state index is 15.3. The molecule has 1 heterocycles. The summed E-state index contributed by atoms with van der Waals surface area (Å²) in [5.74, 6) is -2.75. The molecule has 0 radical (unpaired) electrons. The van der Waals surface area contributed by atoms with E-state index in [1.807, 2.05) is 37.3 Å². The van der Waals surface area contributed by atoms with Crippen molar-refractivity contribution < 1.29 is 37.1 Å². The highest BCUT2D eigenvalue weighted by molar-refractivity contribution is 7.92. The lowest BCUT2D eigenvalue weighted by atomic mass is 9.70. The van der Waals surface area contributed by atoms with Crippen LogP contribution in [-0.4, -0.2) is 96.7 Å². The highest BCUT2D eigenvalue weighted by Crippen LogP contribution is 2.65. The van der Waals surface area contributed by atoms with Crippen LogP contribution in [0.1, 0.15) is 124 Å². The van der Waals surface area contributed by atoms with Crippen LogP contribution in [0.5, 0.6) is 0 Å². The molecule has 0 bridgehead atoms. The number of nitrogens with one attached hydrogen (secondary N) is 4. The number of Topliss-reactive ketones (excluding diaryl/α,β-unsaturated/α-hetero) is 1. The first kappa shape index (κ1) is 45.7. The lowest BCUT2D eigenvalue weighted by Crippen LogP contribution is -2.65. The summed E-state index contributed by atoms with van der Waals surface area (Å²) in [4.78, 5) is 72.4. The van der Waals surface area contributed by atoms with Gasteiger partial charge in [0.15, 0.2) is 9.84 Å². The van der Waals surface area contributed by atoms with Gasteiger partial charge in [0.25, 0.3) is 5.91 Å². The van der Waals surface area contributed by atoms with Crippen LogP contribution in [0.4, 0.5) is 4.79 Å². The number of carbonyl (C=O) groups excluding carboxylic acids is 5. The van der Waals surface area contributed by atoms with Crippen LogP contribution in [0.15, 0.2) is 43.0 Å². The zero-order valence-electron chi connectivity index (χ0n) is 36.5. The fraction of sp³-hybridized carbons (Fsp3) is 0.717. The van der Waals surface area contributed by atoms with Gasteiger partial charge in [0.2, 0.25) is 17.6 Å². The third-order valence-electron chi connectivity index (χ3n) is 14.4. The molecule has 4 saturated carbocycles. The molecule has 13 nitrogen and oxygen atoms in total. The molecule has 0 spiro atoms. The summed E-state index contributed by atoms with van der Waals surface area (Å²) in [5.41, 5.74) is -1.03. The Morgan fingerprint density at radius 3 is 2.17 bits per heavy atom. The number of nitrogens with zero attached hydrogens (tertiary/aromatic N) is 1. The highest BCUT2D eigenvalue weighted by Gasteiger charge is 2.72. The average molecular weight is 852 g/mol. The number of rotatable bonds is 18. The number of carbonyl (C=O) groups is 5. The smallest absolute Gasteiger partial charge is 0.315 e. The van der Waals surface area contributed by atoms with Crippen molar-refractivity contribution in [3.8, 4) is 0 Å². The minimum Gasteiger partial charge on any atom is -0.376 e. The van der Waals surface area contributed by atoms with Gasteiger partial charge >= 0.3 is 6.03 Å². The van der Waals surface area contributed by atoms with E-state index in [9.17, 15) is 27.6 Å². The molecular weight excluding hydrogens is 783 g/mol. The Hall–Kier alpha value is -3.78. The number of ketones is 1. The Bertz CT molecular complexity index is 1870. The molecular formula is C46H69N5O8S. The van der Waals surface area contributed by atoms with Gasteiger partial charge in [0.1, 0.15) is 12.1 Å². The molecule has 2 unspecified atom stereocenters. The number of ether oxygens (including phenoxy) is 1. The highest BCUT2D eigenvalue weighted by atomic mass is 32.2. The molecule has 1 aromatic rings. The molecule has 60 heavy (non-hydrogen) atoms. The Kier molecular flexibility index (Phi) is 13.9. The number of hydrogen-bond donors (Lipinski definition) is 4. The third kappa shape index (κ3) is 10.3. The summed E-state index contributed by atoms with van der Waals surface area (Å²) in [7, 11) is -3.60. The van der Waals surface area contributed by atoms with E-state index in [-0.39, 0.29) is 42.5 Å². The van der Waals surface area contributed by atoms with Crippen molar-refractivity contribution in [3.05, 3.63) is 48.6 Å². The van der Waals surface area contributed by atoms with Crippen LogP contribution in [0.2, 0.25) is 0 Å². The first-order valence-electron chi connectivity index (χ1n) is 22.3. The van der Waals surface area contributed by atoms with Crippen molar-refractivity contribution in [2.24, 2.45) is 28.6 Å². The number of piperidine rings is 1. The molecule has 0 aromatic heterocycles. The number of fused-ring (bicyclic) bond motifs is 1. The lowest BCUT2D eigenvalue weighted by molar-refractivity contribution is -0.146. The van der Waals surface area contributed by atoms with Crippen molar-refractivity contribution in [3.63, 3.8) is 0 Å². The second-order valence-corrected chi connectivity index (χ2v) is 22.9. The minimum atomic E-state index is -3.60. The van der Waals surface area contributed by atoms with E-state index in [2.05, 4.69) is 34.8 Å². The van der Waals surface area contributed by atoms with E-state index in [4.69, 9.17) is 4.74 Å². The van der Waals surface area contributed by atoms with Gasteiger partial charge in [-0.2, -0.15) is 0 Å². The minimum absolute atomic E-state index is 0.0804. The third-order valence-corrected chi connectivity index (χ3v) is 17.2. The Labute approximate surface area is 357 Å². The summed E-state index contributed by atoms with van der Waals surface area (Å²) in [6, 6.07) is 6.21. The lowest BCUT2D eigenvalue weighted by Gasteiger charge is -2.44. The van der Waals surface area contributed by atoms with Crippen molar-refractivity contribution in [2.45, 2.75) is 153 Å². The van der Waals surface area contributed by atoms with E-state index in [1.54, 1.807) is 25.7 Å². The number of urea groups is 1. The van der Waals surface area contributed by atoms with Gasteiger partial charge in [-0.25, -0.2) is 13.2 Å². The summed E-state index contributed by atoms with van der Waals surface area (Å²) in [6.45, 7) is 13.9. The van der Waals surface area contributed by atoms with Gasteiger partial charge in [-0.3, -0.25) is 19.2 Å². The molecule has 4 aliphatic carbocycles. The van der Waals surface area contributed by atoms with Crippen LogP contribution in [0, 0.1) is 28.6 Å². The fourth-order valence-corrected chi connectivity index (χ4v) is 11.8. The Morgan fingerprint density at radius 1 is 0.933 bits per heavy atom. The molecule has 5 aliphatic rings. The largest absolute Gasteiger partial charge is 0.376 e. The Balaban J connectivity index is 1.28. The fourth-order valence-electron chi connectivity index (χ4n) is 10.3. The molecule has 5 amide bonds. The van der Waals surface area contributed by atoms with Crippen molar-refractivity contribution in [2.75, 3.05) is 25.4 Å². The average Bonchev–Trinajstić information content (AvgIpc) is 4.07. The maximum Gasteiger partial charge on any atom is 0.315 e. The normalized spacial score (nSPS) is 26.8. The quantitative estimate of drug-likeness (QED) is 0.112. The van der Waals surface area contributed by atoms with Crippen molar-refractivity contribution >= 4 is 39.4 Å². The summed E-state index contributed by atoms with van der Waals surface area (Å²) >= 11 is 0. The zero-order valence-corrected chi connectivity index (χ0v) is 37.3. The maximum atomic E-state index is 15.3. The second kappa shape index (κ2) is 18.3. The van der Waals surface area contributed by atoms with Gasteiger partial charge in [0.05, 0.1) is 35.3 Å². The zero-order chi connectivity index (χ0) is 43.5. The van der Waals surface area contributed by atoms with Gasteiger partial charge in [-0.15, -0.1) is 6.58 Å². The van der Waals surface area contributed by atoms with Crippen LogP contribution < -0.4 is 21.3 Å². The first-order valence-corrected chi connectivity index (χ1v) is 23.9. The molecule has 4 N–H and O–H groups in total. The van der Waals surface area contributed by atoms with Crippen LogP contribution >= 0.6 is 0 Å². The number of sulfone groups is 1. The van der Waals surface area contributed by atoms with Gasteiger partial charge < -0.3 is 30.9 Å². The van der Waals surface area contributed by atoms with E-state index in [1.165, 1.54) is 6.08 Å². The number of likely N-dealkylation sites (tertiary alicyclic amines) is 1. The Morgan fingerprint density at radius 2 is 1.57 bits per heavy atom. The van der Waals surface area contributed by atoms with Crippen LogP contribution in [0.3, 0.4) is 0 Å². The molecule has 1 saturated heterocycles. The van der Waals surface area contributed by atoms with Gasteiger partial charge in [0, 0.05) is 24.4 Å². The molecule has 6 atom stereocenters. The van der Waals surface area contributed by atoms with E-state index >= 15 is 4.79 Å². The number of amides is 5. The number of benzene rings is 1. The number of hydrogen-bond acceptors (Lipinski definition) is 8. The summed E-state index contributed by atoms with van der Waals surface area (Å²) in [6.07, 6.45) is 11.3. The molecule has 1 aromatic carbocycles. The molecule has 1 aliphatic heterocycles. The SMILES string of the molecule is C=CCNC(=O)C(=O)C(CC1CC1)NC(=O)[C@@H]1[C@@H]2C(CN1C(=O)[C@@H](NC(=O)NC1(CS(=O)(=O)C(C)(C)C)CCCCC1)C1(C)CCCCC1)[C@@]2(C)COCc1ccccc1. The second-order valence-electron chi connectivity index (χ2n) is 20.1. The van der Waals surface area contributed by atoms with E-state index in [0.29, 0.717) is 45.3 Å². The molecule has 332 valence electrons. The monoisotopic (exact) mass is 851 g/mol. The predicted octanol–water partition coefficient (Wildman–Crippen LogP) is 5.38.